The number of ketones is 1. The molecule has 1 aromatic rings. The second kappa shape index (κ2) is 11.3. The number of hydrogen-bond acceptors (Lipinski definition) is 7. The van der Waals surface area contributed by atoms with E-state index in [-0.39, 0.29) is 5.78 Å². The fourth-order valence-corrected chi connectivity index (χ4v) is 1.41. The molecule has 0 spiro atoms. The van der Waals surface area contributed by atoms with Gasteiger partial charge in [0, 0.05) is 14.0 Å². The summed E-state index contributed by atoms with van der Waals surface area (Å²) >= 11 is 0. The molecule has 0 aliphatic carbocycles. The van der Waals surface area contributed by atoms with Crippen LogP contribution < -0.4 is 0 Å². The average molecular weight is 301 g/mol. The summed E-state index contributed by atoms with van der Waals surface area (Å²) in [5, 5.41) is 7.57. The molecule has 0 saturated carbocycles. The quantitative estimate of drug-likeness (QED) is 0.379. The molecule has 21 heavy (non-hydrogen) atoms. The van der Waals surface area contributed by atoms with Crippen molar-refractivity contribution in [3.05, 3.63) is 11.9 Å². The van der Waals surface area contributed by atoms with Gasteiger partial charge < -0.3 is 18.9 Å². The molecule has 0 unspecified atom stereocenters. The van der Waals surface area contributed by atoms with E-state index in [0.717, 1.165) is 0 Å². The number of nitrogens with zero attached hydrogens (tertiary/aromatic N) is 3. The maximum absolute atomic E-state index is 11.0. The second-order valence-corrected chi connectivity index (χ2v) is 4.25. The number of Topliss-reactive ketones (excluding diaryl/α,β-unsaturated/α-hetero) is 1. The van der Waals surface area contributed by atoms with Crippen molar-refractivity contribution in [2.45, 2.75) is 13.5 Å². The molecule has 0 aliphatic rings. The van der Waals surface area contributed by atoms with E-state index in [1.54, 1.807) is 18.0 Å². The Labute approximate surface area is 124 Å². The summed E-state index contributed by atoms with van der Waals surface area (Å²) in [5.74, 6) is -0.0942. The van der Waals surface area contributed by atoms with Crippen LogP contribution in [-0.2, 0) is 25.5 Å². The van der Waals surface area contributed by atoms with Gasteiger partial charge in [-0.2, -0.15) is 0 Å². The molecule has 0 aromatic carbocycles. The first-order valence-corrected chi connectivity index (χ1v) is 6.87. The Morgan fingerprint density at radius 1 is 1.05 bits per heavy atom. The van der Waals surface area contributed by atoms with Gasteiger partial charge in [-0.05, 0) is 0 Å². The van der Waals surface area contributed by atoms with Crippen LogP contribution in [0.1, 0.15) is 17.4 Å². The van der Waals surface area contributed by atoms with Crippen molar-refractivity contribution >= 4 is 5.78 Å². The Morgan fingerprint density at radius 3 is 2.14 bits per heavy atom. The number of carbonyl (C=O) groups is 1. The van der Waals surface area contributed by atoms with Crippen LogP contribution >= 0.6 is 0 Å². The normalized spacial score (nSPS) is 11.0. The van der Waals surface area contributed by atoms with Gasteiger partial charge in [0.2, 0.25) is 0 Å². The Morgan fingerprint density at radius 2 is 1.62 bits per heavy atom. The Hall–Kier alpha value is -1.35. The third-order valence-electron chi connectivity index (χ3n) is 2.54. The number of carbonyl (C=O) groups excluding carboxylic acids is 1. The highest BCUT2D eigenvalue weighted by molar-refractivity contribution is 5.91. The monoisotopic (exact) mass is 301 g/mol. The molecule has 1 aromatic heterocycles. The summed E-state index contributed by atoms with van der Waals surface area (Å²) in [4.78, 5) is 11.0. The molecule has 0 radical (unpaired) electrons. The van der Waals surface area contributed by atoms with E-state index in [2.05, 4.69) is 10.3 Å². The standard InChI is InChI=1S/C13H23N3O5/c1-12(17)13-11-16(15-14-13)3-4-19-7-8-21-10-9-20-6-5-18-2/h11H,3-10H2,1-2H3. The smallest absolute Gasteiger partial charge is 0.181 e. The zero-order valence-electron chi connectivity index (χ0n) is 12.6. The first-order chi connectivity index (χ1) is 10.2. The molecule has 0 bridgehead atoms. The van der Waals surface area contributed by atoms with Crippen molar-refractivity contribution < 1.29 is 23.7 Å². The van der Waals surface area contributed by atoms with Crippen molar-refractivity contribution in [1.82, 2.24) is 15.0 Å². The average Bonchev–Trinajstić information content (AvgIpc) is 2.94. The zero-order valence-corrected chi connectivity index (χ0v) is 12.6. The van der Waals surface area contributed by atoms with Crippen LogP contribution in [0, 0.1) is 0 Å². The summed E-state index contributed by atoms with van der Waals surface area (Å²) < 4.78 is 22.4. The fourth-order valence-electron chi connectivity index (χ4n) is 1.41. The maximum atomic E-state index is 11.0. The Bertz CT molecular complexity index is 397. The molecule has 1 rings (SSSR count). The highest BCUT2D eigenvalue weighted by Gasteiger charge is 2.04. The number of hydrogen-bond donors (Lipinski definition) is 0. The summed E-state index contributed by atoms with van der Waals surface area (Å²) in [5.41, 5.74) is 0.367. The molecule has 8 nitrogen and oxygen atoms in total. The van der Waals surface area contributed by atoms with Gasteiger partial charge in [0.25, 0.3) is 0 Å². The zero-order chi connectivity index (χ0) is 15.3. The van der Waals surface area contributed by atoms with E-state index in [9.17, 15) is 4.79 Å². The van der Waals surface area contributed by atoms with Crippen molar-refractivity contribution in [3.63, 3.8) is 0 Å². The minimum atomic E-state index is -0.0942. The lowest BCUT2D eigenvalue weighted by Gasteiger charge is -2.06. The summed E-state index contributed by atoms with van der Waals surface area (Å²) in [6.07, 6.45) is 1.61. The molecule has 0 fully saturated rings. The van der Waals surface area contributed by atoms with E-state index < -0.39 is 0 Å². The van der Waals surface area contributed by atoms with Crippen LogP contribution in [0.25, 0.3) is 0 Å². The SMILES string of the molecule is COCCOCCOCCOCCn1cc(C(C)=O)nn1. The molecular formula is C13H23N3O5. The highest BCUT2D eigenvalue weighted by Crippen LogP contribution is 1.94. The van der Waals surface area contributed by atoms with Crippen molar-refractivity contribution in [2.24, 2.45) is 0 Å². The van der Waals surface area contributed by atoms with Gasteiger partial charge in [-0.3, -0.25) is 4.79 Å². The van der Waals surface area contributed by atoms with E-state index in [1.807, 2.05) is 0 Å². The predicted molar refractivity (Wildman–Crippen MR) is 74.4 cm³/mol. The maximum Gasteiger partial charge on any atom is 0.181 e. The van der Waals surface area contributed by atoms with Crippen LogP contribution in [0.5, 0.6) is 0 Å². The van der Waals surface area contributed by atoms with Crippen LogP contribution in [0.15, 0.2) is 6.20 Å². The fraction of sp³-hybridized carbons (Fsp3) is 0.769. The van der Waals surface area contributed by atoms with E-state index in [1.165, 1.54) is 6.92 Å². The number of rotatable bonds is 13. The van der Waals surface area contributed by atoms with Gasteiger partial charge in [-0.15, -0.1) is 5.10 Å². The van der Waals surface area contributed by atoms with Gasteiger partial charge >= 0.3 is 0 Å². The lowest BCUT2D eigenvalue weighted by molar-refractivity contribution is 0.00244. The van der Waals surface area contributed by atoms with Crippen molar-refractivity contribution in [1.29, 1.82) is 0 Å². The molecule has 0 amide bonds. The summed E-state index contributed by atoms with van der Waals surface area (Å²) in [6.45, 7) is 5.80. The van der Waals surface area contributed by atoms with Crippen LogP contribution in [-0.4, -0.2) is 74.1 Å². The molecule has 8 heteroatoms. The first kappa shape index (κ1) is 17.7. The second-order valence-electron chi connectivity index (χ2n) is 4.25. The van der Waals surface area contributed by atoms with E-state index in [0.29, 0.717) is 58.5 Å². The number of methoxy groups -OCH3 is 1. The minimum Gasteiger partial charge on any atom is -0.382 e. The molecule has 120 valence electrons. The van der Waals surface area contributed by atoms with E-state index >= 15 is 0 Å². The summed E-state index contributed by atoms with van der Waals surface area (Å²) in [7, 11) is 1.64. The third kappa shape index (κ3) is 8.51. The lowest BCUT2D eigenvalue weighted by atomic mass is 10.3. The minimum absolute atomic E-state index is 0.0942. The number of aromatic nitrogens is 3. The molecule has 0 atom stereocenters. The molecule has 0 saturated heterocycles. The van der Waals surface area contributed by atoms with Gasteiger partial charge in [-0.1, -0.05) is 5.21 Å². The van der Waals surface area contributed by atoms with Crippen LogP contribution in [0.4, 0.5) is 0 Å². The van der Waals surface area contributed by atoms with Crippen molar-refractivity contribution in [3.8, 4) is 0 Å². The third-order valence-corrected chi connectivity index (χ3v) is 2.54. The Kier molecular flexibility index (Phi) is 9.55. The van der Waals surface area contributed by atoms with Crippen LogP contribution in [0.2, 0.25) is 0 Å². The summed E-state index contributed by atoms with van der Waals surface area (Å²) in [6, 6.07) is 0. The largest absolute Gasteiger partial charge is 0.382 e. The molecule has 1 heterocycles. The van der Waals surface area contributed by atoms with Crippen LogP contribution in [0.3, 0.4) is 0 Å². The van der Waals surface area contributed by atoms with Gasteiger partial charge in [-0.25, -0.2) is 4.68 Å². The van der Waals surface area contributed by atoms with Gasteiger partial charge in [0.05, 0.1) is 59.0 Å². The Balaban J connectivity index is 1.89. The van der Waals surface area contributed by atoms with Crippen molar-refractivity contribution in [2.75, 3.05) is 53.4 Å². The van der Waals surface area contributed by atoms with Gasteiger partial charge in [0.1, 0.15) is 5.69 Å². The predicted octanol–water partition coefficient (Wildman–Crippen LogP) is 0.177. The molecular weight excluding hydrogens is 278 g/mol. The number of ether oxygens (including phenoxy) is 4. The molecule has 0 N–H and O–H groups in total. The first-order valence-electron chi connectivity index (χ1n) is 6.87. The van der Waals surface area contributed by atoms with E-state index in [4.69, 9.17) is 18.9 Å². The molecule has 0 aliphatic heterocycles. The van der Waals surface area contributed by atoms with Gasteiger partial charge in [0.15, 0.2) is 5.78 Å². The highest BCUT2D eigenvalue weighted by atomic mass is 16.6. The topological polar surface area (TPSA) is 84.7 Å². The lowest BCUT2D eigenvalue weighted by Crippen LogP contribution is -2.13.